The van der Waals surface area contributed by atoms with Crippen molar-refractivity contribution in [1.29, 1.82) is 0 Å². The minimum Gasteiger partial charge on any atom is -0.331 e. The van der Waals surface area contributed by atoms with Crippen LogP contribution in [0.25, 0.3) is 11.0 Å². The van der Waals surface area contributed by atoms with Gasteiger partial charge in [-0.25, -0.2) is 4.98 Å². The molecular weight excluding hydrogens is 222 g/mol. The maximum atomic E-state index is 4.74. The molecule has 2 aromatic rings. The van der Waals surface area contributed by atoms with Gasteiger partial charge in [0, 0.05) is 19.5 Å². The van der Waals surface area contributed by atoms with E-state index in [4.69, 9.17) is 4.98 Å². The van der Waals surface area contributed by atoms with Crippen LogP contribution < -0.4 is 5.32 Å². The molecule has 0 radical (unpaired) electrons. The molecule has 1 atom stereocenters. The second kappa shape index (κ2) is 5.53. The number of aryl methyl sites for hydroxylation is 1. The van der Waals surface area contributed by atoms with E-state index in [0.717, 1.165) is 24.3 Å². The number of likely N-dealkylation sites (N-methyl/N-ethyl adjacent to an activating group) is 1. The van der Waals surface area contributed by atoms with Crippen molar-refractivity contribution in [2.24, 2.45) is 13.0 Å². The van der Waals surface area contributed by atoms with E-state index >= 15 is 0 Å². The zero-order chi connectivity index (χ0) is 13.1. The maximum absolute atomic E-state index is 4.74. The van der Waals surface area contributed by atoms with Gasteiger partial charge in [0.05, 0.1) is 11.0 Å². The SMILES string of the molecule is CCNC(Cc1nc2ccccc2n1C)C(C)C. The van der Waals surface area contributed by atoms with Crippen LogP contribution in [0.5, 0.6) is 0 Å². The predicted octanol–water partition coefficient (Wildman–Crippen LogP) is 2.75. The molecule has 1 heterocycles. The van der Waals surface area contributed by atoms with Gasteiger partial charge in [0.2, 0.25) is 0 Å². The van der Waals surface area contributed by atoms with E-state index in [2.05, 4.69) is 55.9 Å². The summed E-state index contributed by atoms with van der Waals surface area (Å²) in [5.74, 6) is 1.78. The van der Waals surface area contributed by atoms with Crippen molar-refractivity contribution in [3.05, 3.63) is 30.1 Å². The molecule has 1 aromatic carbocycles. The Labute approximate surface area is 109 Å². The summed E-state index contributed by atoms with van der Waals surface area (Å²) in [4.78, 5) is 4.74. The van der Waals surface area contributed by atoms with Crippen LogP contribution in [-0.4, -0.2) is 22.1 Å². The van der Waals surface area contributed by atoms with Gasteiger partial charge in [-0.1, -0.05) is 32.9 Å². The minimum atomic E-state index is 0.491. The lowest BCUT2D eigenvalue weighted by atomic mass is 10.0. The lowest BCUT2D eigenvalue weighted by Crippen LogP contribution is -2.36. The third kappa shape index (κ3) is 2.56. The Morgan fingerprint density at radius 3 is 2.61 bits per heavy atom. The average molecular weight is 245 g/mol. The molecule has 1 aromatic heterocycles. The molecule has 0 saturated heterocycles. The highest BCUT2D eigenvalue weighted by atomic mass is 15.1. The molecular formula is C15H23N3. The Kier molecular flexibility index (Phi) is 4.02. The van der Waals surface area contributed by atoms with Crippen molar-refractivity contribution < 1.29 is 0 Å². The Balaban J connectivity index is 2.27. The van der Waals surface area contributed by atoms with Gasteiger partial charge in [-0.2, -0.15) is 0 Å². The van der Waals surface area contributed by atoms with Gasteiger partial charge in [0.25, 0.3) is 0 Å². The minimum absolute atomic E-state index is 0.491. The van der Waals surface area contributed by atoms with Crippen molar-refractivity contribution in [1.82, 2.24) is 14.9 Å². The van der Waals surface area contributed by atoms with Gasteiger partial charge in [0.1, 0.15) is 5.82 Å². The molecule has 0 fully saturated rings. The normalized spacial score (nSPS) is 13.4. The van der Waals surface area contributed by atoms with Gasteiger partial charge in [-0.3, -0.25) is 0 Å². The van der Waals surface area contributed by atoms with Crippen LogP contribution in [-0.2, 0) is 13.5 Å². The first kappa shape index (κ1) is 13.1. The fourth-order valence-corrected chi connectivity index (χ4v) is 2.38. The molecule has 0 aliphatic rings. The molecule has 0 aliphatic heterocycles. The number of imidazole rings is 1. The van der Waals surface area contributed by atoms with Gasteiger partial charge >= 0.3 is 0 Å². The summed E-state index contributed by atoms with van der Waals surface area (Å²) < 4.78 is 2.21. The van der Waals surface area contributed by atoms with Crippen molar-refractivity contribution in [2.75, 3.05) is 6.54 Å². The van der Waals surface area contributed by atoms with E-state index in [9.17, 15) is 0 Å². The third-order valence-corrected chi connectivity index (χ3v) is 3.55. The van der Waals surface area contributed by atoms with Crippen molar-refractivity contribution in [3.8, 4) is 0 Å². The molecule has 0 bridgehead atoms. The van der Waals surface area contributed by atoms with E-state index in [1.54, 1.807) is 0 Å². The van der Waals surface area contributed by atoms with Gasteiger partial charge in [-0.15, -0.1) is 0 Å². The molecule has 2 rings (SSSR count). The van der Waals surface area contributed by atoms with E-state index < -0.39 is 0 Å². The van der Waals surface area contributed by atoms with Crippen LogP contribution in [0.3, 0.4) is 0 Å². The number of rotatable bonds is 5. The lowest BCUT2D eigenvalue weighted by Gasteiger charge is -2.21. The van der Waals surface area contributed by atoms with Crippen molar-refractivity contribution in [2.45, 2.75) is 33.2 Å². The summed E-state index contributed by atoms with van der Waals surface area (Å²) in [5, 5.41) is 3.55. The maximum Gasteiger partial charge on any atom is 0.111 e. The molecule has 0 aliphatic carbocycles. The van der Waals surface area contributed by atoms with E-state index in [0.29, 0.717) is 12.0 Å². The summed E-state index contributed by atoms with van der Waals surface area (Å²) >= 11 is 0. The second-order valence-corrected chi connectivity index (χ2v) is 5.19. The Hall–Kier alpha value is -1.35. The monoisotopic (exact) mass is 245 g/mol. The molecule has 0 saturated carbocycles. The predicted molar refractivity (Wildman–Crippen MR) is 76.7 cm³/mol. The lowest BCUT2D eigenvalue weighted by molar-refractivity contribution is 0.396. The van der Waals surface area contributed by atoms with E-state index in [1.165, 1.54) is 5.52 Å². The zero-order valence-corrected chi connectivity index (χ0v) is 11.8. The number of aromatic nitrogens is 2. The van der Waals surface area contributed by atoms with Crippen LogP contribution >= 0.6 is 0 Å². The highest BCUT2D eigenvalue weighted by Gasteiger charge is 2.16. The van der Waals surface area contributed by atoms with Gasteiger partial charge in [-0.05, 0) is 24.6 Å². The summed E-state index contributed by atoms with van der Waals surface area (Å²) in [6.45, 7) is 7.68. The fourth-order valence-electron chi connectivity index (χ4n) is 2.38. The van der Waals surface area contributed by atoms with Crippen molar-refractivity contribution in [3.63, 3.8) is 0 Å². The number of benzene rings is 1. The van der Waals surface area contributed by atoms with Crippen LogP contribution in [0.4, 0.5) is 0 Å². The second-order valence-electron chi connectivity index (χ2n) is 5.19. The summed E-state index contributed by atoms with van der Waals surface area (Å²) in [7, 11) is 2.11. The quantitative estimate of drug-likeness (QED) is 0.878. The molecule has 18 heavy (non-hydrogen) atoms. The Morgan fingerprint density at radius 2 is 2.00 bits per heavy atom. The first-order chi connectivity index (χ1) is 8.63. The smallest absolute Gasteiger partial charge is 0.111 e. The zero-order valence-electron chi connectivity index (χ0n) is 11.8. The first-order valence-electron chi connectivity index (χ1n) is 6.77. The van der Waals surface area contributed by atoms with Crippen LogP contribution in [0, 0.1) is 5.92 Å². The molecule has 0 spiro atoms. The highest BCUT2D eigenvalue weighted by Crippen LogP contribution is 2.17. The van der Waals surface area contributed by atoms with Crippen LogP contribution in [0.1, 0.15) is 26.6 Å². The van der Waals surface area contributed by atoms with E-state index in [1.807, 2.05) is 6.07 Å². The average Bonchev–Trinajstić information content (AvgIpc) is 2.66. The fraction of sp³-hybridized carbons (Fsp3) is 0.533. The summed E-state index contributed by atoms with van der Waals surface area (Å²) in [6.07, 6.45) is 0.983. The standard InChI is InChI=1S/C15H23N3/c1-5-16-13(11(2)3)10-15-17-12-8-6-7-9-14(12)18(15)4/h6-9,11,13,16H,5,10H2,1-4H3. The number of para-hydroxylation sites is 2. The number of fused-ring (bicyclic) bond motifs is 1. The van der Waals surface area contributed by atoms with Gasteiger partial charge in [0.15, 0.2) is 0 Å². The first-order valence-corrected chi connectivity index (χ1v) is 6.77. The molecule has 98 valence electrons. The Morgan fingerprint density at radius 1 is 1.28 bits per heavy atom. The summed E-state index contributed by atoms with van der Waals surface area (Å²) in [6, 6.07) is 8.81. The number of nitrogens with one attached hydrogen (secondary N) is 1. The molecule has 1 unspecified atom stereocenters. The third-order valence-electron chi connectivity index (χ3n) is 3.55. The van der Waals surface area contributed by atoms with Crippen LogP contribution in [0.15, 0.2) is 24.3 Å². The van der Waals surface area contributed by atoms with Gasteiger partial charge < -0.3 is 9.88 Å². The Bertz CT molecular complexity index is 513. The molecule has 3 nitrogen and oxygen atoms in total. The van der Waals surface area contributed by atoms with Crippen molar-refractivity contribution >= 4 is 11.0 Å². The number of hydrogen-bond donors (Lipinski definition) is 1. The molecule has 1 N–H and O–H groups in total. The largest absolute Gasteiger partial charge is 0.331 e. The van der Waals surface area contributed by atoms with Crippen LogP contribution in [0.2, 0.25) is 0 Å². The van der Waals surface area contributed by atoms with E-state index in [-0.39, 0.29) is 0 Å². The topological polar surface area (TPSA) is 29.9 Å². The summed E-state index contributed by atoms with van der Waals surface area (Å²) in [5.41, 5.74) is 2.31. The number of hydrogen-bond acceptors (Lipinski definition) is 2. The molecule has 0 amide bonds. The molecule has 3 heteroatoms. The number of nitrogens with zero attached hydrogens (tertiary/aromatic N) is 2. The highest BCUT2D eigenvalue weighted by molar-refractivity contribution is 5.75.